The molecule has 50 heavy (non-hydrogen) atoms. The fourth-order valence-corrected chi connectivity index (χ4v) is 9.65. The van der Waals surface area contributed by atoms with Crippen LogP contribution in [0.25, 0.3) is 0 Å². The second kappa shape index (κ2) is 14.4. The largest absolute Gasteiger partial charge is 0.464 e. The molecular weight excluding hydrogens is 652 g/mol. The van der Waals surface area contributed by atoms with E-state index in [1.54, 1.807) is 26.8 Å². The molecule has 5 rings (SSSR count). The highest BCUT2D eigenvalue weighted by Gasteiger charge is 2.74. The van der Waals surface area contributed by atoms with Gasteiger partial charge < -0.3 is 39.1 Å². The van der Waals surface area contributed by atoms with Crippen molar-refractivity contribution >= 4 is 29.9 Å². The van der Waals surface area contributed by atoms with Gasteiger partial charge in [0.2, 0.25) is 0 Å². The lowest BCUT2D eigenvalue weighted by Crippen LogP contribution is -2.71. The summed E-state index contributed by atoms with van der Waals surface area (Å²) in [4.78, 5) is 77.2. The molecule has 0 aromatic carbocycles. The van der Waals surface area contributed by atoms with Crippen molar-refractivity contribution in [1.29, 1.82) is 0 Å². The third-order valence-corrected chi connectivity index (χ3v) is 12.2. The van der Waals surface area contributed by atoms with Crippen molar-refractivity contribution in [2.24, 2.45) is 28.6 Å². The Bertz CT molecular complexity index is 1520. The van der Waals surface area contributed by atoms with E-state index in [4.69, 9.17) is 23.4 Å². The number of hydrogen-bond donors (Lipinski definition) is 3. The van der Waals surface area contributed by atoms with Gasteiger partial charge in [-0.3, -0.25) is 4.79 Å². The number of Topliss-reactive ketones (excluding diaryl/α,β-unsaturated/α-hetero) is 1. The van der Waals surface area contributed by atoms with Crippen molar-refractivity contribution < 1.29 is 52.4 Å². The van der Waals surface area contributed by atoms with E-state index >= 15 is 0 Å². The second-order valence-corrected chi connectivity index (χ2v) is 14.7. The lowest BCUT2D eigenvalue weighted by atomic mass is 9.42. The summed E-state index contributed by atoms with van der Waals surface area (Å²) in [5.74, 6) is -3.22. The van der Waals surface area contributed by atoms with Crippen LogP contribution in [0, 0.1) is 28.6 Å². The molecule has 2 amide bonds. The van der Waals surface area contributed by atoms with Crippen LogP contribution in [0.15, 0.2) is 27.6 Å². The SMILES string of the molecule is CCOC(=O)[C@H](C)NC(=O)O[C@@H]1C(=O)[C@]2(C)[C@@H](c3ccc(=O)oc3)CC[C@]2(O)[C@@H]2CC[C@@H]3C[C@@H](OC(=O)N[C@H](C)C(=O)OCC)CC[C@]3(C)[C@@H]12. The molecular formula is C36H50N2O12. The average molecular weight is 703 g/mol. The first-order valence-corrected chi connectivity index (χ1v) is 17.7. The van der Waals surface area contributed by atoms with E-state index in [1.807, 2.05) is 0 Å². The molecule has 276 valence electrons. The van der Waals surface area contributed by atoms with Crippen molar-refractivity contribution in [2.75, 3.05) is 13.2 Å². The third kappa shape index (κ3) is 6.51. The van der Waals surface area contributed by atoms with Crippen molar-refractivity contribution in [1.82, 2.24) is 10.6 Å². The van der Waals surface area contributed by atoms with Crippen LogP contribution in [0.5, 0.6) is 0 Å². The Balaban J connectivity index is 1.44. The Hall–Kier alpha value is -3.94. The minimum atomic E-state index is -1.45. The summed E-state index contributed by atoms with van der Waals surface area (Å²) in [6.07, 6.45) is 1.34. The molecule has 14 heteroatoms. The van der Waals surface area contributed by atoms with Gasteiger partial charge in [0.1, 0.15) is 18.2 Å². The summed E-state index contributed by atoms with van der Waals surface area (Å²) in [5.41, 5.74) is -3.37. The van der Waals surface area contributed by atoms with E-state index in [2.05, 4.69) is 17.6 Å². The zero-order valence-electron chi connectivity index (χ0n) is 29.7. The van der Waals surface area contributed by atoms with Crippen LogP contribution in [0.1, 0.15) is 98.0 Å². The molecule has 0 spiro atoms. The zero-order valence-corrected chi connectivity index (χ0v) is 29.7. The van der Waals surface area contributed by atoms with Crippen LogP contribution < -0.4 is 16.3 Å². The molecule has 4 aliphatic rings. The molecule has 4 fully saturated rings. The molecule has 0 bridgehead atoms. The molecule has 0 aliphatic heterocycles. The van der Waals surface area contributed by atoms with Crippen LogP contribution in [0.2, 0.25) is 0 Å². The van der Waals surface area contributed by atoms with E-state index < -0.39 is 94.0 Å². The van der Waals surface area contributed by atoms with Crippen molar-refractivity contribution in [3.8, 4) is 0 Å². The number of esters is 2. The number of carbonyl (C=O) groups is 5. The standard InChI is InChI=1S/C36H50N2O12/c1-7-46-30(41)19(3)37-32(43)49-23-13-15-34(5)22(17-23)10-11-25-27(34)28(50-33(44)38-20(4)31(42)47-8-2)29(40)35(6)24(14-16-36(25,35)45)21-9-12-26(39)48-18-21/h9,12,18-20,22-25,27-28,45H,7-8,10-11,13-17H2,1-6H3,(H,37,43)(H,38,44)/t19-,20+,22-,23+,24-,25-,27-,28+,34+,35+,36+/m1/s1. The Morgan fingerprint density at radius 1 is 0.900 bits per heavy atom. The predicted molar refractivity (Wildman–Crippen MR) is 176 cm³/mol. The number of aliphatic hydroxyl groups is 1. The van der Waals surface area contributed by atoms with Gasteiger partial charge >= 0.3 is 29.8 Å². The molecule has 0 radical (unpaired) electrons. The van der Waals surface area contributed by atoms with Crippen LogP contribution in [-0.2, 0) is 33.3 Å². The Morgan fingerprint density at radius 3 is 2.10 bits per heavy atom. The maximum absolute atomic E-state index is 15.0. The zero-order chi connectivity index (χ0) is 36.6. The molecule has 0 saturated heterocycles. The fraction of sp³-hybridized carbons (Fsp3) is 0.722. The van der Waals surface area contributed by atoms with E-state index in [1.165, 1.54) is 26.2 Å². The van der Waals surface area contributed by atoms with Gasteiger partial charge in [0.25, 0.3) is 0 Å². The van der Waals surface area contributed by atoms with E-state index in [0.717, 1.165) is 0 Å². The van der Waals surface area contributed by atoms with Gasteiger partial charge in [-0.1, -0.05) is 6.92 Å². The van der Waals surface area contributed by atoms with Gasteiger partial charge in [-0.2, -0.15) is 0 Å². The predicted octanol–water partition coefficient (Wildman–Crippen LogP) is 3.76. The molecule has 0 unspecified atom stereocenters. The van der Waals surface area contributed by atoms with E-state index in [9.17, 15) is 33.9 Å². The number of rotatable bonds is 9. The summed E-state index contributed by atoms with van der Waals surface area (Å²) in [7, 11) is 0. The summed E-state index contributed by atoms with van der Waals surface area (Å²) >= 11 is 0. The van der Waals surface area contributed by atoms with Crippen LogP contribution in [0.3, 0.4) is 0 Å². The second-order valence-electron chi connectivity index (χ2n) is 14.7. The number of ether oxygens (including phenoxy) is 4. The van der Waals surface area contributed by atoms with Gasteiger partial charge in [0, 0.05) is 17.9 Å². The number of hydrogen-bond acceptors (Lipinski definition) is 12. The maximum Gasteiger partial charge on any atom is 0.408 e. The lowest BCUT2D eigenvalue weighted by Gasteiger charge is -2.64. The molecule has 4 saturated carbocycles. The summed E-state index contributed by atoms with van der Waals surface area (Å²) < 4.78 is 27.0. The van der Waals surface area contributed by atoms with Crippen LogP contribution in [0.4, 0.5) is 9.59 Å². The molecule has 1 heterocycles. The number of nitrogens with one attached hydrogen (secondary N) is 2. The molecule has 4 aliphatic carbocycles. The Labute approximate surface area is 291 Å². The summed E-state index contributed by atoms with van der Waals surface area (Å²) in [6.45, 7) is 10.4. The highest BCUT2D eigenvalue weighted by atomic mass is 16.6. The van der Waals surface area contributed by atoms with Crippen molar-refractivity contribution in [3.63, 3.8) is 0 Å². The Morgan fingerprint density at radius 2 is 1.52 bits per heavy atom. The molecule has 1 aromatic heterocycles. The summed E-state index contributed by atoms with van der Waals surface area (Å²) in [5, 5.41) is 17.8. The quantitative estimate of drug-likeness (QED) is 0.249. The Kier molecular flexibility index (Phi) is 10.7. The number of ketones is 1. The smallest absolute Gasteiger partial charge is 0.408 e. The minimum Gasteiger partial charge on any atom is -0.464 e. The van der Waals surface area contributed by atoms with E-state index in [0.29, 0.717) is 50.5 Å². The van der Waals surface area contributed by atoms with Crippen molar-refractivity contribution in [2.45, 2.75) is 122 Å². The van der Waals surface area contributed by atoms with Crippen LogP contribution >= 0.6 is 0 Å². The molecule has 14 nitrogen and oxygen atoms in total. The third-order valence-electron chi connectivity index (χ3n) is 12.2. The average Bonchev–Trinajstić information content (AvgIpc) is 3.35. The van der Waals surface area contributed by atoms with Gasteiger partial charge in [-0.15, -0.1) is 0 Å². The van der Waals surface area contributed by atoms with Gasteiger partial charge in [0.05, 0.1) is 30.5 Å². The van der Waals surface area contributed by atoms with Gasteiger partial charge in [0.15, 0.2) is 11.9 Å². The topological polar surface area (TPSA) is 197 Å². The normalized spacial score (nSPS) is 35.6. The highest BCUT2D eigenvalue weighted by Crippen LogP contribution is 2.70. The van der Waals surface area contributed by atoms with Crippen LogP contribution in [-0.4, -0.2) is 78.1 Å². The minimum absolute atomic E-state index is 0.0493. The molecule has 3 N–H and O–H groups in total. The first kappa shape index (κ1) is 37.3. The highest BCUT2D eigenvalue weighted by molar-refractivity contribution is 5.94. The molecule has 11 atom stereocenters. The number of carbonyl (C=O) groups excluding carboxylic acids is 5. The lowest BCUT2D eigenvalue weighted by molar-refractivity contribution is -0.228. The van der Waals surface area contributed by atoms with Crippen molar-refractivity contribution in [3.05, 3.63) is 34.4 Å². The number of fused-ring (bicyclic) bond motifs is 5. The van der Waals surface area contributed by atoms with Gasteiger partial charge in [-0.05, 0) is 108 Å². The number of amides is 2. The molecule has 1 aromatic rings. The number of alkyl carbamates (subject to hydrolysis) is 2. The van der Waals surface area contributed by atoms with Gasteiger partial charge in [-0.25, -0.2) is 24.0 Å². The fourth-order valence-electron chi connectivity index (χ4n) is 9.65. The maximum atomic E-state index is 15.0. The monoisotopic (exact) mass is 702 g/mol. The van der Waals surface area contributed by atoms with E-state index in [-0.39, 0.29) is 19.1 Å². The first-order valence-electron chi connectivity index (χ1n) is 17.7. The summed E-state index contributed by atoms with van der Waals surface area (Å²) in [6, 6.07) is 0.984. The first-order chi connectivity index (χ1) is 23.6.